The summed E-state index contributed by atoms with van der Waals surface area (Å²) in [5, 5.41) is 14.1. The van der Waals surface area contributed by atoms with E-state index in [0.717, 1.165) is 16.3 Å². The summed E-state index contributed by atoms with van der Waals surface area (Å²) in [5.41, 5.74) is 0.854. The van der Waals surface area contributed by atoms with Crippen molar-refractivity contribution in [1.29, 1.82) is 0 Å². The minimum atomic E-state index is -3.66. The van der Waals surface area contributed by atoms with Gasteiger partial charge in [0.15, 0.2) is 0 Å². The summed E-state index contributed by atoms with van der Waals surface area (Å²) in [4.78, 5) is 11.6. The molecule has 7 heteroatoms. The molecule has 2 rings (SSSR count). The molecule has 0 radical (unpaired) electrons. The lowest BCUT2D eigenvalue weighted by molar-refractivity contribution is -0.139. The van der Waals surface area contributed by atoms with Gasteiger partial charge in [-0.1, -0.05) is 42.5 Å². The Bertz CT molecular complexity index is 733. The van der Waals surface area contributed by atoms with Crippen molar-refractivity contribution in [3.63, 3.8) is 0 Å². The van der Waals surface area contributed by atoms with Gasteiger partial charge in [0.05, 0.1) is 13.2 Å². The number of benzene rings is 2. The molecule has 0 saturated heterocycles. The molecule has 0 unspecified atom stereocenters. The molecule has 2 aromatic carbocycles. The van der Waals surface area contributed by atoms with Crippen molar-refractivity contribution in [2.24, 2.45) is 0 Å². The van der Waals surface area contributed by atoms with Gasteiger partial charge in [-0.25, -0.2) is 9.65 Å². The van der Waals surface area contributed by atoms with Crippen LogP contribution in [-0.4, -0.2) is 30.3 Å². The summed E-state index contributed by atoms with van der Waals surface area (Å²) in [7, 11) is -3.66. The van der Waals surface area contributed by atoms with Gasteiger partial charge in [0.25, 0.3) is 0 Å². The van der Waals surface area contributed by atoms with Gasteiger partial charge in [-0.3, -0.25) is 13.8 Å². The molecule has 0 aliphatic heterocycles. The summed E-state index contributed by atoms with van der Waals surface area (Å²) in [6.07, 6.45) is 0.167. The van der Waals surface area contributed by atoms with Gasteiger partial charge >= 0.3 is 13.7 Å². The van der Waals surface area contributed by atoms with E-state index in [9.17, 15) is 14.5 Å². The summed E-state index contributed by atoms with van der Waals surface area (Å²) in [6, 6.07) is 12.4. The van der Waals surface area contributed by atoms with Crippen LogP contribution in [0.2, 0.25) is 0 Å². The molecule has 0 amide bonds. The minimum absolute atomic E-state index is 0.158. The Hall–Kier alpha value is -1.72. The smallest absolute Gasteiger partial charge is 0.406 e. The molecule has 24 heavy (non-hydrogen) atoms. The average molecular weight is 351 g/mol. The van der Waals surface area contributed by atoms with E-state index in [-0.39, 0.29) is 19.6 Å². The Morgan fingerprint density at radius 1 is 1.12 bits per heavy atom. The summed E-state index contributed by atoms with van der Waals surface area (Å²) >= 11 is 0. The number of hydrogen-bond acceptors (Lipinski definition) is 4. The van der Waals surface area contributed by atoms with Crippen molar-refractivity contribution in [2.45, 2.75) is 26.3 Å². The Kier molecular flexibility index (Phi) is 6.52. The number of fused-ring (bicyclic) bond motifs is 1. The first kappa shape index (κ1) is 18.6. The number of nitrogens with one attached hydrogen (secondary N) is 1. The van der Waals surface area contributed by atoms with Crippen LogP contribution in [0.15, 0.2) is 42.5 Å². The third-order valence-corrected chi connectivity index (χ3v) is 5.34. The lowest BCUT2D eigenvalue weighted by atomic mass is 9.99. The van der Waals surface area contributed by atoms with Crippen LogP contribution >= 0.6 is 7.75 Å². The SMILES string of the molecule is CCOP(=O)(N[C@@H](Cc1cccc2ccccc12)C(=O)O)OCC. The molecule has 0 spiro atoms. The standard InChI is InChI=1S/C17H22NO5P/c1-3-22-24(21,23-4-2)18-16(17(19)20)12-14-10-7-9-13-8-5-6-11-15(13)14/h5-11,16H,3-4,12H2,1-2H3,(H,18,21)(H,19,20)/t16-/m0/s1. The number of rotatable bonds is 9. The predicted octanol–water partition coefficient (Wildman–Crippen LogP) is 3.61. The molecule has 0 bridgehead atoms. The van der Waals surface area contributed by atoms with Gasteiger partial charge in [0.1, 0.15) is 6.04 Å². The second-order valence-corrected chi connectivity index (χ2v) is 6.96. The fraction of sp³-hybridized carbons (Fsp3) is 0.353. The van der Waals surface area contributed by atoms with Crippen molar-refractivity contribution < 1.29 is 23.5 Å². The maximum absolute atomic E-state index is 12.6. The van der Waals surface area contributed by atoms with Crippen LogP contribution < -0.4 is 5.09 Å². The molecule has 130 valence electrons. The molecule has 6 nitrogen and oxygen atoms in total. The molecular weight excluding hydrogens is 329 g/mol. The Morgan fingerprint density at radius 3 is 2.38 bits per heavy atom. The molecule has 0 saturated carbocycles. The van der Waals surface area contributed by atoms with Crippen molar-refractivity contribution in [1.82, 2.24) is 5.09 Å². The van der Waals surface area contributed by atoms with E-state index >= 15 is 0 Å². The third kappa shape index (κ3) is 4.65. The van der Waals surface area contributed by atoms with Crippen LogP contribution in [0, 0.1) is 0 Å². The zero-order chi connectivity index (χ0) is 17.6. The zero-order valence-corrected chi connectivity index (χ0v) is 14.7. The fourth-order valence-electron chi connectivity index (χ4n) is 2.52. The van der Waals surface area contributed by atoms with Crippen LogP contribution in [0.3, 0.4) is 0 Å². The first-order chi connectivity index (χ1) is 11.5. The highest BCUT2D eigenvalue weighted by Gasteiger charge is 2.31. The Labute approximate surface area is 141 Å². The molecule has 2 aromatic rings. The van der Waals surface area contributed by atoms with Gasteiger partial charge < -0.3 is 5.11 Å². The van der Waals surface area contributed by atoms with Gasteiger partial charge in [0, 0.05) is 0 Å². The molecular formula is C17H22NO5P. The highest BCUT2D eigenvalue weighted by Crippen LogP contribution is 2.44. The first-order valence-electron chi connectivity index (χ1n) is 7.85. The number of aliphatic carboxylic acids is 1. The van der Waals surface area contributed by atoms with Crippen LogP contribution in [-0.2, 0) is 24.8 Å². The summed E-state index contributed by atoms with van der Waals surface area (Å²) in [5.74, 6) is -1.11. The monoisotopic (exact) mass is 351 g/mol. The predicted molar refractivity (Wildman–Crippen MR) is 93.1 cm³/mol. The summed E-state index contributed by atoms with van der Waals surface area (Å²) < 4.78 is 22.8. The number of carbonyl (C=O) groups is 1. The Balaban J connectivity index is 2.28. The van der Waals surface area contributed by atoms with E-state index in [1.807, 2.05) is 42.5 Å². The maximum atomic E-state index is 12.6. The van der Waals surface area contributed by atoms with Crippen LogP contribution in [0.1, 0.15) is 19.4 Å². The number of hydrogen-bond donors (Lipinski definition) is 2. The van der Waals surface area contributed by atoms with Crippen LogP contribution in [0.4, 0.5) is 0 Å². The fourth-order valence-corrected chi connectivity index (χ4v) is 4.01. The van der Waals surface area contributed by atoms with Crippen molar-refractivity contribution >= 4 is 24.5 Å². The normalized spacial score (nSPS) is 13.1. The lowest BCUT2D eigenvalue weighted by Gasteiger charge is -2.22. The lowest BCUT2D eigenvalue weighted by Crippen LogP contribution is -2.37. The van der Waals surface area contributed by atoms with Crippen molar-refractivity contribution in [2.75, 3.05) is 13.2 Å². The van der Waals surface area contributed by atoms with Crippen LogP contribution in [0.25, 0.3) is 10.8 Å². The van der Waals surface area contributed by atoms with Gasteiger partial charge in [-0.2, -0.15) is 0 Å². The second-order valence-electron chi connectivity index (χ2n) is 5.20. The van der Waals surface area contributed by atoms with Crippen molar-refractivity contribution in [3.05, 3.63) is 48.0 Å². The minimum Gasteiger partial charge on any atom is -0.480 e. The zero-order valence-electron chi connectivity index (χ0n) is 13.8. The topological polar surface area (TPSA) is 84.9 Å². The summed E-state index contributed by atoms with van der Waals surface area (Å²) in [6.45, 7) is 3.66. The van der Waals surface area contributed by atoms with Crippen molar-refractivity contribution in [3.8, 4) is 0 Å². The average Bonchev–Trinajstić information content (AvgIpc) is 2.55. The highest BCUT2D eigenvalue weighted by atomic mass is 31.2. The largest absolute Gasteiger partial charge is 0.480 e. The quantitative estimate of drug-likeness (QED) is 0.672. The molecule has 0 fully saturated rings. The molecule has 0 aliphatic rings. The molecule has 0 aromatic heterocycles. The molecule has 0 aliphatic carbocycles. The number of carboxylic acids is 1. The third-order valence-electron chi connectivity index (χ3n) is 3.51. The van der Waals surface area contributed by atoms with E-state index in [1.165, 1.54) is 0 Å². The van der Waals surface area contributed by atoms with Crippen LogP contribution in [0.5, 0.6) is 0 Å². The Morgan fingerprint density at radius 2 is 1.75 bits per heavy atom. The van der Waals surface area contributed by atoms with Gasteiger partial charge in [-0.15, -0.1) is 0 Å². The van der Waals surface area contributed by atoms with E-state index in [1.54, 1.807) is 13.8 Å². The molecule has 2 N–H and O–H groups in total. The van der Waals surface area contributed by atoms with E-state index in [2.05, 4.69) is 5.09 Å². The second kappa shape index (κ2) is 8.40. The van der Waals surface area contributed by atoms with Gasteiger partial charge in [0.2, 0.25) is 0 Å². The highest BCUT2D eigenvalue weighted by molar-refractivity contribution is 7.51. The van der Waals surface area contributed by atoms with E-state index < -0.39 is 19.8 Å². The number of carboxylic acid groups (broad SMARTS) is 1. The van der Waals surface area contributed by atoms with E-state index in [0.29, 0.717) is 0 Å². The molecule has 0 heterocycles. The maximum Gasteiger partial charge on any atom is 0.406 e. The molecule has 1 atom stereocenters. The van der Waals surface area contributed by atoms with E-state index in [4.69, 9.17) is 9.05 Å². The van der Waals surface area contributed by atoms with Gasteiger partial charge in [-0.05, 0) is 36.6 Å². The first-order valence-corrected chi connectivity index (χ1v) is 9.39.